The van der Waals surface area contributed by atoms with E-state index in [-0.39, 0.29) is 17.6 Å². The molecule has 3 aromatic rings. The predicted octanol–water partition coefficient (Wildman–Crippen LogP) is 3.49. The highest BCUT2D eigenvalue weighted by Gasteiger charge is 2.12. The fraction of sp³-hybridized carbons (Fsp3) is 0.0556. The van der Waals surface area contributed by atoms with Crippen LogP contribution in [0, 0.1) is 6.92 Å². The summed E-state index contributed by atoms with van der Waals surface area (Å²) in [5.41, 5.74) is 2.44. The Morgan fingerprint density at radius 3 is 2.00 bits per heavy atom. The maximum absolute atomic E-state index is 12.1. The van der Waals surface area contributed by atoms with E-state index >= 15 is 0 Å². The zero-order valence-corrected chi connectivity index (χ0v) is 12.9. The number of benzene rings is 2. The second-order valence-corrected chi connectivity index (χ2v) is 5.18. The van der Waals surface area contributed by atoms with E-state index in [9.17, 15) is 9.59 Å². The van der Waals surface area contributed by atoms with Gasteiger partial charge < -0.3 is 15.2 Å². The number of aryl methyl sites for hydroxylation is 1. The van der Waals surface area contributed by atoms with Gasteiger partial charge in [0.2, 0.25) is 5.76 Å². The van der Waals surface area contributed by atoms with Gasteiger partial charge >= 0.3 is 0 Å². The fourth-order valence-electron chi connectivity index (χ4n) is 2.09. The number of rotatable bonds is 4. The molecule has 0 aliphatic rings. The average molecular weight is 321 g/mol. The molecule has 120 valence electrons. The van der Waals surface area contributed by atoms with Crippen molar-refractivity contribution in [1.82, 2.24) is 5.16 Å². The van der Waals surface area contributed by atoms with Gasteiger partial charge in [0, 0.05) is 23.0 Å². The quantitative estimate of drug-likeness (QED) is 0.770. The van der Waals surface area contributed by atoms with Gasteiger partial charge in [-0.25, -0.2) is 0 Å². The zero-order chi connectivity index (χ0) is 16.9. The van der Waals surface area contributed by atoms with Gasteiger partial charge in [-0.15, -0.1) is 0 Å². The molecule has 0 atom stereocenters. The third kappa shape index (κ3) is 3.67. The molecule has 0 unspecified atom stereocenters. The Balaban J connectivity index is 1.63. The molecular formula is C18H15N3O3. The van der Waals surface area contributed by atoms with Crippen molar-refractivity contribution in [3.8, 4) is 0 Å². The third-order valence-corrected chi connectivity index (χ3v) is 3.29. The fourth-order valence-corrected chi connectivity index (χ4v) is 2.09. The van der Waals surface area contributed by atoms with Crippen LogP contribution in [0.2, 0.25) is 0 Å². The molecule has 2 N–H and O–H groups in total. The molecule has 3 rings (SSSR count). The molecule has 0 saturated carbocycles. The minimum atomic E-state index is -0.378. The molecule has 0 aliphatic heterocycles. The molecule has 0 aliphatic carbocycles. The Labute approximate surface area is 138 Å². The Kier molecular flexibility index (Phi) is 4.38. The van der Waals surface area contributed by atoms with Gasteiger partial charge in [0.15, 0.2) is 0 Å². The smallest absolute Gasteiger partial charge is 0.294 e. The Morgan fingerprint density at radius 2 is 1.46 bits per heavy atom. The summed E-state index contributed by atoms with van der Waals surface area (Å²) in [6, 6.07) is 17.3. The van der Waals surface area contributed by atoms with E-state index in [1.54, 1.807) is 61.5 Å². The van der Waals surface area contributed by atoms with Crippen LogP contribution in [0.15, 0.2) is 65.2 Å². The first-order chi connectivity index (χ1) is 11.6. The molecule has 6 nitrogen and oxygen atoms in total. The number of hydrogen-bond donors (Lipinski definition) is 2. The first-order valence-electron chi connectivity index (χ1n) is 7.33. The average Bonchev–Trinajstić information content (AvgIpc) is 3.04. The molecule has 0 saturated heterocycles. The summed E-state index contributed by atoms with van der Waals surface area (Å²) in [6.07, 6.45) is 0. The lowest BCUT2D eigenvalue weighted by molar-refractivity contribution is 0.0986. The van der Waals surface area contributed by atoms with Crippen molar-refractivity contribution in [3.63, 3.8) is 0 Å². The van der Waals surface area contributed by atoms with Crippen LogP contribution in [0.3, 0.4) is 0 Å². The monoisotopic (exact) mass is 321 g/mol. The van der Waals surface area contributed by atoms with E-state index < -0.39 is 0 Å². The van der Waals surface area contributed by atoms with Gasteiger partial charge in [0.25, 0.3) is 11.8 Å². The highest BCUT2D eigenvalue weighted by atomic mass is 16.5. The van der Waals surface area contributed by atoms with Crippen molar-refractivity contribution in [3.05, 3.63) is 77.7 Å². The van der Waals surface area contributed by atoms with E-state index in [2.05, 4.69) is 15.8 Å². The van der Waals surface area contributed by atoms with Crippen LogP contribution in [-0.4, -0.2) is 17.0 Å². The lowest BCUT2D eigenvalue weighted by Gasteiger charge is -2.07. The van der Waals surface area contributed by atoms with Gasteiger partial charge in [-0.2, -0.15) is 0 Å². The highest BCUT2D eigenvalue weighted by molar-refractivity contribution is 6.05. The number of nitrogens with one attached hydrogen (secondary N) is 2. The van der Waals surface area contributed by atoms with Crippen LogP contribution in [-0.2, 0) is 0 Å². The van der Waals surface area contributed by atoms with Crippen LogP contribution >= 0.6 is 0 Å². The summed E-state index contributed by atoms with van der Waals surface area (Å²) < 4.78 is 4.90. The summed E-state index contributed by atoms with van der Waals surface area (Å²) in [5, 5.41) is 9.16. The van der Waals surface area contributed by atoms with Gasteiger partial charge in [-0.1, -0.05) is 23.4 Å². The summed E-state index contributed by atoms with van der Waals surface area (Å²) in [7, 11) is 0. The molecule has 0 spiro atoms. The van der Waals surface area contributed by atoms with Crippen molar-refractivity contribution >= 4 is 23.2 Å². The van der Waals surface area contributed by atoms with Gasteiger partial charge in [0.1, 0.15) is 0 Å². The molecule has 0 bridgehead atoms. The standard InChI is InChI=1S/C18H15N3O3/c1-12-11-16(24-21-12)18(23)20-15-9-7-14(8-10-15)19-17(22)13-5-3-2-4-6-13/h2-11H,1H3,(H,19,22)(H,20,23). The maximum atomic E-state index is 12.1. The number of amides is 2. The number of carbonyl (C=O) groups is 2. The van der Waals surface area contributed by atoms with Gasteiger partial charge in [-0.3, -0.25) is 9.59 Å². The van der Waals surface area contributed by atoms with Crippen molar-refractivity contribution < 1.29 is 14.1 Å². The molecule has 6 heteroatoms. The molecule has 1 heterocycles. The van der Waals surface area contributed by atoms with Crippen LogP contribution in [0.25, 0.3) is 0 Å². The molecule has 0 radical (unpaired) electrons. The zero-order valence-electron chi connectivity index (χ0n) is 12.9. The number of anilines is 2. The van der Waals surface area contributed by atoms with E-state index in [1.807, 2.05) is 6.07 Å². The Hall–Kier alpha value is -3.41. The van der Waals surface area contributed by atoms with E-state index in [4.69, 9.17) is 4.52 Å². The lowest BCUT2D eigenvalue weighted by Crippen LogP contribution is -2.12. The molecular weight excluding hydrogens is 306 g/mol. The summed E-state index contributed by atoms with van der Waals surface area (Å²) in [5.74, 6) is -0.421. The molecule has 24 heavy (non-hydrogen) atoms. The van der Waals surface area contributed by atoms with E-state index in [0.717, 1.165) is 0 Å². The Bertz CT molecular complexity index is 855. The van der Waals surface area contributed by atoms with Crippen molar-refractivity contribution in [2.45, 2.75) is 6.92 Å². The summed E-state index contributed by atoms with van der Waals surface area (Å²) in [6.45, 7) is 1.74. The highest BCUT2D eigenvalue weighted by Crippen LogP contribution is 2.16. The number of nitrogens with zero attached hydrogens (tertiary/aromatic N) is 1. The maximum Gasteiger partial charge on any atom is 0.294 e. The van der Waals surface area contributed by atoms with E-state index in [0.29, 0.717) is 22.6 Å². The summed E-state index contributed by atoms with van der Waals surface area (Å²) >= 11 is 0. The van der Waals surface area contributed by atoms with Gasteiger partial charge in [0.05, 0.1) is 5.69 Å². The number of hydrogen-bond acceptors (Lipinski definition) is 4. The van der Waals surface area contributed by atoms with Crippen molar-refractivity contribution in [1.29, 1.82) is 0 Å². The SMILES string of the molecule is Cc1cc(C(=O)Nc2ccc(NC(=O)c3ccccc3)cc2)on1. The van der Waals surface area contributed by atoms with Crippen molar-refractivity contribution in [2.75, 3.05) is 10.6 Å². The Morgan fingerprint density at radius 1 is 0.875 bits per heavy atom. The van der Waals surface area contributed by atoms with Gasteiger partial charge in [-0.05, 0) is 43.3 Å². The lowest BCUT2D eigenvalue weighted by atomic mass is 10.2. The molecule has 0 fully saturated rings. The molecule has 2 amide bonds. The predicted molar refractivity (Wildman–Crippen MR) is 90.0 cm³/mol. The second-order valence-electron chi connectivity index (χ2n) is 5.18. The van der Waals surface area contributed by atoms with Crippen LogP contribution in [0.1, 0.15) is 26.6 Å². The normalized spacial score (nSPS) is 10.2. The largest absolute Gasteiger partial charge is 0.351 e. The minimum Gasteiger partial charge on any atom is -0.351 e. The van der Waals surface area contributed by atoms with Crippen LogP contribution in [0.5, 0.6) is 0 Å². The van der Waals surface area contributed by atoms with E-state index in [1.165, 1.54) is 0 Å². The first kappa shape index (κ1) is 15.5. The first-order valence-corrected chi connectivity index (χ1v) is 7.33. The number of aromatic nitrogens is 1. The van der Waals surface area contributed by atoms with Crippen LogP contribution in [0.4, 0.5) is 11.4 Å². The molecule has 2 aromatic carbocycles. The third-order valence-electron chi connectivity index (χ3n) is 3.29. The topological polar surface area (TPSA) is 84.2 Å². The molecule has 1 aromatic heterocycles. The second kappa shape index (κ2) is 6.78. The van der Waals surface area contributed by atoms with Crippen molar-refractivity contribution in [2.24, 2.45) is 0 Å². The minimum absolute atomic E-state index is 0.147. The van der Waals surface area contributed by atoms with Crippen LogP contribution < -0.4 is 10.6 Å². The summed E-state index contributed by atoms with van der Waals surface area (Å²) in [4.78, 5) is 24.0. The number of carbonyl (C=O) groups excluding carboxylic acids is 2.